The van der Waals surface area contributed by atoms with Crippen molar-refractivity contribution in [2.24, 2.45) is 23.2 Å². The molecule has 4 aliphatic heterocycles. The Morgan fingerprint density at radius 3 is 1.70 bits per heavy atom. The third kappa shape index (κ3) is 17.5. The average Bonchev–Trinajstić information content (AvgIpc) is 1.18. The van der Waals surface area contributed by atoms with E-state index >= 15 is 4.79 Å². The van der Waals surface area contributed by atoms with Gasteiger partial charge in [0, 0.05) is 35.8 Å². The molecule has 0 spiro atoms. The van der Waals surface area contributed by atoms with E-state index in [9.17, 15) is 4.79 Å². The van der Waals surface area contributed by atoms with E-state index in [4.69, 9.17) is 53.3 Å². The Kier molecular flexibility index (Phi) is 25.5. The van der Waals surface area contributed by atoms with Crippen molar-refractivity contribution in [1.29, 1.82) is 0 Å². The molecular formula is C95H114O12SSi2. The monoisotopic (exact) mass is 1530 g/mol. The van der Waals surface area contributed by atoms with Gasteiger partial charge in [0.1, 0.15) is 11.9 Å². The van der Waals surface area contributed by atoms with Gasteiger partial charge in [0.2, 0.25) is 0 Å². The first-order valence-corrected chi connectivity index (χ1v) is 44.6. The molecule has 0 aromatic heterocycles. The number of carbonyl (C=O) groups is 2. The van der Waals surface area contributed by atoms with E-state index in [0.717, 1.165) is 49.6 Å². The average molecular weight is 1540 g/mol. The quantitative estimate of drug-likeness (QED) is 0.0210. The van der Waals surface area contributed by atoms with Crippen molar-refractivity contribution in [2.45, 2.75) is 222 Å². The second kappa shape index (κ2) is 34.8. The minimum atomic E-state index is -3.24. The summed E-state index contributed by atoms with van der Waals surface area (Å²) in [7, 11) is -4.56. The van der Waals surface area contributed by atoms with Gasteiger partial charge < -0.3 is 46.7 Å². The lowest BCUT2D eigenvalue weighted by atomic mass is 9.78. The first-order valence-electron chi connectivity index (χ1n) is 39.9. The number of esters is 2. The predicted molar refractivity (Wildman–Crippen MR) is 445 cm³/mol. The Balaban J connectivity index is 0.849. The van der Waals surface area contributed by atoms with Crippen molar-refractivity contribution < 1.29 is 56.3 Å². The molecule has 0 amide bonds. The Labute approximate surface area is 660 Å². The van der Waals surface area contributed by atoms with Crippen molar-refractivity contribution in [1.82, 2.24) is 0 Å². The molecule has 8 aromatic carbocycles. The second-order valence-corrected chi connectivity index (χ2v) is 43.9. The zero-order chi connectivity index (χ0) is 77.5. The summed E-state index contributed by atoms with van der Waals surface area (Å²) in [4.78, 5) is 30.2. The van der Waals surface area contributed by atoms with Crippen LogP contribution >= 0.6 is 11.8 Å². The summed E-state index contributed by atoms with van der Waals surface area (Å²) in [5, 5.41) is 3.94. The summed E-state index contributed by atoms with van der Waals surface area (Å²) in [6, 6.07) is 78.8. The van der Waals surface area contributed by atoms with E-state index in [2.05, 4.69) is 262 Å². The number of rotatable bonds is 27. The molecule has 15 atom stereocenters. The fourth-order valence-electron chi connectivity index (χ4n) is 17.8. The predicted octanol–water partition coefficient (Wildman–Crippen LogP) is 18.7. The van der Waals surface area contributed by atoms with Crippen LogP contribution in [0.15, 0.2) is 254 Å². The van der Waals surface area contributed by atoms with Crippen molar-refractivity contribution in [3.8, 4) is 16.9 Å². The summed E-state index contributed by atoms with van der Waals surface area (Å²) in [5.74, 6) is -0.902. The molecule has 8 aromatic rings. The van der Waals surface area contributed by atoms with E-state index in [1.165, 1.54) is 20.7 Å². The first-order chi connectivity index (χ1) is 52.8. The zero-order valence-corrected chi connectivity index (χ0v) is 69.3. The molecule has 0 saturated carbocycles. The molecule has 5 aliphatic rings. The Morgan fingerprint density at radius 2 is 1.13 bits per heavy atom. The molecular weight excluding hydrogens is 1420 g/mol. The number of fused-ring (bicyclic) bond motifs is 4. The fourth-order valence-corrected chi connectivity index (χ4v) is 28.4. The van der Waals surface area contributed by atoms with E-state index in [0.29, 0.717) is 58.2 Å². The highest BCUT2D eigenvalue weighted by Gasteiger charge is 2.58. The maximum atomic E-state index is 16.3. The van der Waals surface area contributed by atoms with Crippen LogP contribution in [0, 0.1) is 23.2 Å². The highest BCUT2D eigenvalue weighted by atomic mass is 32.2. The molecule has 0 bridgehead atoms. The number of hydrogen-bond donors (Lipinski definition) is 0. The van der Waals surface area contributed by atoms with Gasteiger partial charge >= 0.3 is 11.9 Å². The molecule has 110 heavy (non-hydrogen) atoms. The van der Waals surface area contributed by atoms with E-state index in [-0.39, 0.29) is 58.2 Å². The summed E-state index contributed by atoms with van der Waals surface area (Å²) in [5.41, 5.74) is 6.44. The Morgan fingerprint density at radius 1 is 0.582 bits per heavy atom. The number of hydrogen-bond acceptors (Lipinski definition) is 13. The number of ether oxygens (including phenoxy) is 8. The van der Waals surface area contributed by atoms with E-state index in [1.54, 1.807) is 18.9 Å². The summed E-state index contributed by atoms with van der Waals surface area (Å²) in [6.45, 7) is 34.6. The van der Waals surface area contributed by atoms with Crippen molar-refractivity contribution >= 4 is 61.1 Å². The lowest BCUT2D eigenvalue weighted by Crippen LogP contribution is -2.70. The van der Waals surface area contributed by atoms with Crippen LogP contribution in [0.5, 0.6) is 5.75 Å². The normalized spacial score (nSPS) is 25.3. The molecule has 0 N–H and O–H groups in total. The minimum absolute atomic E-state index is 0.0736. The van der Waals surface area contributed by atoms with Crippen LogP contribution in [0.4, 0.5) is 0 Å². The van der Waals surface area contributed by atoms with Gasteiger partial charge in [0.25, 0.3) is 16.6 Å². The van der Waals surface area contributed by atoms with Gasteiger partial charge in [-0.05, 0) is 154 Å². The highest BCUT2D eigenvalue weighted by Crippen LogP contribution is 2.55. The van der Waals surface area contributed by atoms with Crippen LogP contribution < -0.4 is 25.5 Å². The smallest absolute Gasteiger partial charge is 0.312 e. The molecule has 15 heteroatoms. The number of methoxy groups -OCH3 is 1. The number of carbonyl (C=O) groups excluding carboxylic acids is 2. The lowest BCUT2D eigenvalue weighted by molar-refractivity contribution is -0.276. The molecule has 4 saturated heterocycles. The van der Waals surface area contributed by atoms with Gasteiger partial charge in [-0.25, -0.2) is 0 Å². The van der Waals surface area contributed by atoms with Gasteiger partial charge in [-0.1, -0.05) is 269 Å². The van der Waals surface area contributed by atoms with Crippen LogP contribution in [-0.4, -0.2) is 110 Å². The fraction of sp³-hybridized carbons (Fsp3) is 0.432. The highest BCUT2D eigenvalue weighted by molar-refractivity contribution is 7.99. The summed E-state index contributed by atoms with van der Waals surface area (Å²) < 4.78 is 72.4. The van der Waals surface area contributed by atoms with Gasteiger partial charge in [-0.2, -0.15) is 0 Å². The van der Waals surface area contributed by atoms with E-state index in [1.807, 2.05) is 45.0 Å². The number of thioether (sulfide) groups is 1. The standard InChI is InChI=1S/C95H114O12SSi2/c1-63-58-83(79(59-81-64(2)57-69(102-81)35-34-55-99-92(97)93(5,6)7)91(96)106-89-77-48-32-30-46-75(77)76-47-31-33-49-78(76)90(89)108-70-36-20-15-21-37-70)103-82(65(63)3)60-85-87(100-62-67-50-52-68(98-14)53-51-67)66(4)88-86(104-85)61-84(107-110(95(11,12)13,73-42-26-18-27-43-73)74-44-28-19-29-45-74)80(105-88)54-56-101-109(94(8,9)10,71-38-22-16-23-39-71)72-40-24-17-25-41-72/h15-33,36-53,63,66,69,79-90H,2-3,34-35,54-62H2,1,4-14H3/t63-,66-,69+,79?,80-,81+,82-,83-,84-,85+,86+,87-,88+,89-,90-/m1/s1. The second-order valence-electron chi connectivity index (χ2n) is 34.2. The maximum absolute atomic E-state index is 16.3. The Hall–Kier alpha value is -7.52. The van der Waals surface area contributed by atoms with Gasteiger partial charge in [0.15, 0.2) is 0 Å². The zero-order valence-electron chi connectivity index (χ0n) is 66.5. The first kappa shape index (κ1) is 80.5. The van der Waals surface area contributed by atoms with Crippen LogP contribution in [-0.2, 0) is 58.2 Å². The minimum Gasteiger partial charge on any atom is -0.497 e. The third-order valence-corrected chi connectivity index (χ3v) is 35.0. The SMILES string of the molecule is C=C1C[C@H](CCCOC(=O)C(C)(C)C)O[C@H]1CC(C(=O)O[C@@H]1c2ccccc2-c2ccccc2[C@H]1Sc1ccccc1)[C@H]1C[C@@H](C)C(=C)[C@@H](C[C@@H]2O[C@H]3C[C@@H](O[Si](c4ccccc4)(c4ccccc4)C(C)(C)C)[C@@H](CCO[Si](c4ccccc4)(c4ccccc4)C(C)(C)C)O[C@H]3[C@H](C)[C@H]2OCc2ccc(OC)cc2)O1. The Bertz CT molecular complexity index is 4290. The van der Waals surface area contributed by atoms with Crippen LogP contribution in [0.25, 0.3) is 11.1 Å². The summed E-state index contributed by atoms with van der Waals surface area (Å²) >= 11 is 1.71. The molecule has 1 aliphatic carbocycles. The van der Waals surface area contributed by atoms with Crippen LogP contribution in [0.1, 0.15) is 156 Å². The third-order valence-electron chi connectivity index (χ3n) is 23.6. The van der Waals surface area contributed by atoms with Crippen LogP contribution in [0.3, 0.4) is 0 Å². The molecule has 4 fully saturated rings. The van der Waals surface area contributed by atoms with Gasteiger partial charge in [0.05, 0.1) is 97.9 Å². The topological polar surface area (TPSA) is 126 Å². The number of benzene rings is 8. The maximum Gasteiger partial charge on any atom is 0.312 e. The molecule has 580 valence electrons. The van der Waals surface area contributed by atoms with Crippen molar-refractivity contribution in [3.05, 3.63) is 265 Å². The molecule has 4 heterocycles. The molecule has 13 rings (SSSR count). The molecule has 0 radical (unpaired) electrons. The molecule has 1 unspecified atom stereocenters. The van der Waals surface area contributed by atoms with Crippen molar-refractivity contribution in [2.75, 3.05) is 20.3 Å². The van der Waals surface area contributed by atoms with Gasteiger partial charge in [-0.3, -0.25) is 9.59 Å². The lowest BCUT2D eigenvalue weighted by Gasteiger charge is -2.54. The van der Waals surface area contributed by atoms with Gasteiger partial charge in [-0.15, -0.1) is 11.8 Å². The molecule has 12 nitrogen and oxygen atoms in total. The van der Waals surface area contributed by atoms with Crippen molar-refractivity contribution in [3.63, 3.8) is 0 Å². The van der Waals surface area contributed by atoms with Crippen LogP contribution in [0.2, 0.25) is 10.1 Å². The largest absolute Gasteiger partial charge is 0.497 e. The van der Waals surface area contributed by atoms with E-state index < -0.39 is 89.0 Å². The summed E-state index contributed by atoms with van der Waals surface area (Å²) in [6.07, 6.45) is -1.05.